The molecule has 0 saturated heterocycles. The maximum atomic E-state index is 12.4. The number of aryl methyl sites for hydroxylation is 2. The Morgan fingerprint density at radius 3 is 2.52 bits per heavy atom. The topological polar surface area (TPSA) is 38.3 Å². The third-order valence-corrected chi connectivity index (χ3v) is 3.56. The molecule has 1 atom stereocenters. The quantitative estimate of drug-likeness (QED) is 0.887. The summed E-state index contributed by atoms with van der Waals surface area (Å²) in [6.45, 7) is 2.77. The van der Waals surface area contributed by atoms with Crippen LogP contribution in [0, 0.1) is 13.8 Å². The number of alkyl halides is 2. The summed E-state index contributed by atoms with van der Waals surface area (Å²) in [6, 6.07) is 11.6. The Morgan fingerprint density at radius 2 is 1.87 bits per heavy atom. The maximum absolute atomic E-state index is 12.4. The highest BCUT2D eigenvalue weighted by molar-refractivity contribution is 5.95. The Kier molecular flexibility index (Phi) is 5.32. The van der Waals surface area contributed by atoms with Crippen LogP contribution in [0.25, 0.3) is 0 Å². The number of carbonyl (C=O) groups excluding carboxylic acids is 1. The smallest absolute Gasteiger partial charge is 0.387 e. The molecule has 0 aliphatic rings. The molecule has 0 aliphatic carbocycles. The lowest BCUT2D eigenvalue weighted by atomic mass is 10.0. The molecule has 0 aromatic heterocycles. The van der Waals surface area contributed by atoms with Crippen LogP contribution in [0.4, 0.5) is 8.78 Å². The molecule has 0 aliphatic heterocycles. The fourth-order valence-corrected chi connectivity index (χ4v) is 2.39. The van der Waals surface area contributed by atoms with Gasteiger partial charge in [0.15, 0.2) is 0 Å². The number of hydrogen-bond acceptors (Lipinski definition) is 2. The molecule has 0 heterocycles. The van der Waals surface area contributed by atoms with Crippen LogP contribution >= 0.6 is 0 Å². The van der Waals surface area contributed by atoms with E-state index in [2.05, 4.69) is 10.1 Å². The van der Waals surface area contributed by atoms with Crippen LogP contribution < -0.4 is 10.1 Å². The third kappa shape index (κ3) is 4.52. The number of rotatable bonds is 5. The van der Waals surface area contributed by atoms with Crippen molar-refractivity contribution in [3.63, 3.8) is 0 Å². The van der Waals surface area contributed by atoms with Gasteiger partial charge in [-0.3, -0.25) is 4.79 Å². The minimum atomic E-state index is -2.87. The van der Waals surface area contributed by atoms with E-state index < -0.39 is 6.61 Å². The van der Waals surface area contributed by atoms with Crippen LogP contribution in [0.2, 0.25) is 0 Å². The number of carbonyl (C=O) groups is 1. The Bertz CT molecular complexity index is 701. The summed E-state index contributed by atoms with van der Waals surface area (Å²) >= 11 is 0. The summed E-state index contributed by atoms with van der Waals surface area (Å²) < 4.78 is 28.9. The van der Waals surface area contributed by atoms with Crippen LogP contribution in [-0.4, -0.2) is 12.5 Å². The van der Waals surface area contributed by atoms with Crippen LogP contribution in [0.15, 0.2) is 42.5 Å². The molecule has 23 heavy (non-hydrogen) atoms. The second-order valence-corrected chi connectivity index (χ2v) is 5.46. The van der Waals surface area contributed by atoms with Crippen molar-refractivity contribution in [2.75, 3.05) is 0 Å². The van der Waals surface area contributed by atoms with Gasteiger partial charge in [0.25, 0.3) is 5.91 Å². The fraction of sp³-hybridized carbons (Fsp3) is 0.278. The molecule has 2 aromatic carbocycles. The predicted molar refractivity (Wildman–Crippen MR) is 84.9 cm³/mol. The van der Waals surface area contributed by atoms with Gasteiger partial charge in [-0.05, 0) is 50.1 Å². The Morgan fingerprint density at radius 1 is 1.13 bits per heavy atom. The van der Waals surface area contributed by atoms with Gasteiger partial charge in [0, 0.05) is 5.56 Å². The summed E-state index contributed by atoms with van der Waals surface area (Å²) in [5.41, 5.74) is 3.28. The first-order valence-electron chi connectivity index (χ1n) is 7.29. The van der Waals surface area contributed by atoms with Gasteiger partial charge in [-0.25, -0.2) is 0 Å². The lowest BCUT2D eigenvalue weighted by molar-refractivity contribution is -0.0499. The summed E-state index contributed by atoms with van der Waals surface area (Å²) in [5.74, 6) is -0.125. The molecule has 1 unspecified atom stereocenters. The van der Waals surface area contributed by atoms with Crippen molar-refractivity contribution in [3.8, 4) is 5.75 Å². The Hall–Kier alpha value is -2.43. The lowest BCUT2D eigenvalue weighted by Gasteiger charge is -2.16. The van der Waals surface area contributed by atoms with Crippen LogP contribution in [-0.2, 0) is 0 Å². The van der Waals surface area contributed by atoms with E-state index in [1.54, 1.807) is 25.1 Å². The van der Waals surface area contributed by atoms with Crippen LogP contribution in [0.3, 0.4) is 0 Å². The van der Waals surface area contributed by atoms with Gasteiger partial charge in [-0.1, -0.05) is 29.8 Å². The second kappa shape index (κ2) is 7.22. The van der Waals surface area contributed by atoms with Crippen LogP contribution in [0.5, 0.6) is 5.75 Å². The number of nitrogens with one attached hydrogen (secondary N) is 1. The van der Waals surface area contributed by atoms with Gasteiger partial charge in [0.2, 0.25) is 0 Å². The standard InChI is InChI=1S/C18H19F2NO2/c1-11-7-8-16(12(2)9-11)17(22)21-13(3)14-5-4-6-15(10-14)23-18(19)20/h4-10,13,18H,1-3H3,(H,21,22). The van der Waals surface area contributed by atoms with E-state index in [0.29, 0.717) is 11.1 Å². The number of ether oxygens (including phenoxy) is 1. The number of benzene rings is 2. The van der Waals surface area contributed by atoms with E-state index in [1.165, 1.54) is 12.1 Å². The molecule has 0 fully saturated rings. The van der Waals surface area contributed by atoms with Crippen molar-refractivity contribution >= 4 is 5.91 Å². The van der Waals surface area contributed by atoms with Crippen molar-refractivity contribution in [3.05, 3.63) is 64.7 Å². The molecule has 122 valence electrons. The van der Waals surface area contributed by atoms with Gasteiger partial charge in [-0.2, -0.15) is 8.78 Å². The molecular formula is C18H19F2NO2. The van der Waals surface area contributed by atoms with E-state index in [-0.39, 0.29) is 17.7 Å². The largest absolute Gasteiger partial charge is 0.435 e. The molecule has 5 heteroatoms. The molecule has 0 radical (unpaired) electrons. The van der Waals surface area contributed by atoms with Crippen molar-refractivity contribution in [1.29, 1.82) is 0 Å². The molecule has 0 saturated carbocycles. The highest BCUT2D eigenvalue weighted by Gasteiger charge is 2.14. The highest BCUT2D eigenvalue weighted by atomic mass is 19.3. The number of halogens is 2. The Labute approximate surface area is 134 Å². The van der Waals surface area contributed by atoms with E-state index in [4.69, 9.17) is 0 Å². The normalized spacial score (nSPS) is 12.1. The summed E-state index contributed by atoms with van der Waals surface area (Å²) in [6.07, 6.45) is 0. The van der Waals surface area contributed by atoms with E-state index in [1.807, 2.05) is 26.0 Å². The van der Waals surface area contributed by atoms with Gasteiger partial charge < -0.3 is 10.1 Å². The number of amides is 1. The molecule has 0 bridgehead atoms. The number of hydrogen-bond donors (Lipinski definition) is 1. The SMILES string of the molecule is Cc1ccc(C(=O)NC(C)c2cccc(OC(F)F)c2)c(C)c1. The second-order valence-electron chi connectivity index (χ2n) is 5.46. The van der Waals surface area contributed by atoms with E-state index in [9.17, 15) is 13.6 Å². The Balaban J connectivity index is 2.12. The zero-order valence-electron chi connectivity index (χ0n) is 13.3. The minimum Gasteiger partial charge on any atom is -0.435 e. The van der Waals surface area contributed by atoms with Gasteiger partial charge >= 0.3 is 6.61 Å². The minimum absolute atomic E-state index is 0.0742. The van der Waals surface area contributed by atoms with Gasteiger partial charge in [0.1, 0.15) is 5.75 Å². The summed E-state index contributed by atoms with van der Waals surface area (Å²) in [4.78, 5) is 12.4. The first-order chi connectivity index (χ1) is 10.9. The molecule has 2 aromatic rings. The molecular weight excluding hydrogens is 300 g/mol. The highest BCUT2D eigenvalue weighted by Crippen LogP contribution is 2.21. The average molecular weight is 319 g/mol. The fourth-order valence-electron chi connectivity index (χ4n) is 2.39. The molecule has 0 spiro atoms. The summed E-state index contributed by atoms with van der Waals surface area (Å²) in [5, 5.41) is 2.87. The van der Waals surface area contributed by atoms with Crippen LogP contribution in [0.1, 0.15) is 40.0 Å². The summed E-state index contributed by atoms with van der Waals surface area (Å²) in [7, 11) is 0. The first kappa shape index (κ1) is 16.9. The monoisotopic (exact) mass is 319 g/mol. The van der Waals surface area contributed by atoms with Crippen molar-refractivity contribution in [2.24, 2.45) is 0 Å². The van der Waals surface area contributed by atoms with E-state index >= 15 is 0 Å². The first-order valence-corrected chi connectivity index (χ1v) is 7.29. The molecule has 2 rings (SSSR count). The molecule has 1 N–H and O–H groups in total. The molecule has 3 nitrogen and oxygen atoms in total. The van der Waals surface area contributed by atoms with Crippen molar-refractivity contribution in [1.82, 2.24) is 5.32 Å². The zero-order valence-corrected chi connectivity index (χ0v) is 13.3. The van der Waals surface area contributed by atoms with Crippen molar-refractivity contribution < 1.29 is 18.3 Å². The van der Waals surface area contributed by atoms with Crippen molar-refractivity contribution in [2.45, 2.75) is 33.4 Å². The van der Waals surface area contributed by atoms with E-state index in [0.717, 1.165) is 11.1 Å². The lowest BCUT2D eigenvalue weighted by Crippen LogP contribution is -2.27. The average Bonchev–Trinajstić information content (AvgIpc) is 2.46. The zero-order chi connectivity index (χ0) is 17.0. The predicted octanol–water partition coefficient (Wildman–Crippen LogP) is 4.40. The van der Waals surface area contributed by atoms with Gasteiger partial charge in [0.05, 0.1) is 6.04 Å². The molecule has 1 amide bonds. The third-order valence-electron chi connectivity index (χ3n) is 3.56. The maximum Gasteiger partial charge on any atom is 0.387 e. The van der Waals surface area contributed by atoms with Gasteiger partial charge in [-0.15, -0.1) is 0 Å².